The van der Waals surface area contributed by atoms with Crippen LogP contribution < -0.4 is 9.47 Å². The first-order chi connectivity index (χ1) is 10.0. The van der Waals surface area contributed by atoms with Crippen LogP contribution in [-0.4, -0.2) is 54.4 Å². The number of benzene rings is 1. The van der Waals surface area contributed by atoms with E-state index in [1.807, 2.05) is 0 Å². The fourth-order valence-electron chi connectivity index (χ4n) is 2.49. The smallest absolute Gasteiger partial charge is 0.337 e. The minimum absolute atomic E-state index is 0.0906. The molecule has 1 heterocycles. The van der Waals surface area contributed by atoms with E-state index in [0.717, 1.165) is 25.9 Å². The van der Waals surface area contributed by atoms with Crippen LogP contribution in [0.2, 0.25) is 0 Å². The highest BCUT2D eigenvalue weighted by Crippen LogP contribution is 2.32. The Hall–Kier alpha value is -1.79. The second-order valence-corrected chi connectivity index (χ2v) is 5.30. The van der Waals surface area contributed by atoms with Crippen LogP contribution in [0.15, 0.2) is 18.2 Å². The fourth-order valence-corrected chi connectivity index (χ4v) is 2.49. The molecule has 21 heavy (non-hydrogen) atoms. The van der Waals surface area contributed by atoms with Gasteiger partial charge in [-0.2, -0.15) is 0 Å². The molecule has 0 saturated carbocycles. The van der Waals surface area contributed by atoms with Crippen molar-refractivity contribution in [1.29, 1.82) is 0 Å². The largest absolute Gasteiger partial charge is 0.493 e. The molecule has 1 aliphatic heterocycles. The minimum Gasteiger partial charge on any atom is -0.493 e. The van der Waals surface area contributed by atoms with Crippen molar-refractivity contribution in [3.05, 3.63) is 23.8 Å². The van der Waals surface area contributed by atoms with Crippen molar-refractivity contribution in [2.45, 2.75) is 25.0 Å². The molecule has 2 atom stereocenters. The Labute approximate surface area is 123 Å². The number of likely N-dealkylation sites (N-methyl/N-ethyl adjacent to an activating group) is 1. The normalized spacial score (nSPS) is 20.8. The number of carboxylic acid groups (broad SMARTS) is 1. The van der Waals surface area contributed by atoms with Crippen LogP contribution in [-0.2, 0) is 4.79 Å². The van der Waals surface area contributed by atoms with Gasteiger partial charge in [0.15, 0.2) is 17.6 Å². The van der Waals surface area contributed by atoms with Gasteiger partial charge in [0.25, 0.3) is 0 Å². The number of nitrogens with zero attached hydrogens (tertiary/aromatic N) is 1. The summed E-state index contributed by atoms with van der Waals surface area (Å²) in [6.07, 6.45) is 0.591. The van der Waals surface area contributed by atoms with Crippen LogP contribution in [0.1, 0.15) is 24.5 Å². The van der Waals surface area contributed by atoms with Gasteiger partial charge in [0.1, 0.15) is 6.10 Å². The summed E-state index contributed by atoms with van der Waals surface area (Å²) < 4.78 is 11.2. The van der Waals surface area contributed by atoms with Crippen LogP contribution in [0.3, 0.4) is 0 Å². The molecule has 0 spiro atoms. The number of hydrogen-bond acceptors (Lipinski definition) is 5. The lowest BCUT2D eigenvalue weighted by atomic mass is 10.1. The molecule has 2 N–H and O–H groups in total. The van der Waals surface area contributed by atoms with Gasteiger partial charge < -0.3 is 24.6 Å². The highest BCUT2D eigenvalue weighted by molar-refractivity contribution is 5.74. The number of carbonyl (C=O) groups is 1. The summed E-state index contributed by atoms with van der Waals surface area (Å²) in [6, 6.07) is 4.69. The van der Waals surface area contributed by atoms with Crippen LogP contribution in [0.5, 0.6) is 11.5 Å². The number of piperidine rings is 1. The zero-order valence-corrected chi connectivity index (χ0v) is 12.3. The Kier molecular flexibility index (Phi) is 5.03. The number of aliphatic hydroxyl groups is 1. The lowest BCUT2D eigenvalue weighted by Gasteiger charge is -2.30. The summed E-state index contributed by atoms with van der Waals surface area (Å²) in [5.41, 5.74) is 0.271. The molecule has 0 aliphatic carbocycles. The van der Waals surface area contributed by atoms with E-state index in [9.17, 15) is 9.90 Å². The van der Waals surface area contributed by atoms with Gasteiger partial charge in [-0.3, -0.25) is 0 Å². The first-order valence-corrected chi connectivity index (χ1v) is 6.95. The maximum Gasteiger partial charge on any atom is 0.337 e. The van der Waals surface area contributed by atoms with Crippen molar-refractivity contribution in [2.75, 3.05) is 27.2 Å². The third-order valence-electron chi connectivity index (χ3n) is 3.61. The first-order valence-electron chi connectivity index (χ1n) is 6.95. The lowest BCUT2D eigenvalue weighted by Crippen LogP contribution is -2.38. The molecule has 2 rings (SSSR count). The standard InChI is InChI=1S/C15H21NO5/c1-16-7-3-4-11(9-16)21-12-6-5-10(8-13(12)20-2)14(17)15(18)19/h5-6,8,11,14,17H,3-4,7,9H2,1-2H3,(H,18,19). The number of methoxy groups -OCH3 is 1. The summed E-state index contributed by atoms with van der Waals surface area (Å²) in [6.45, 7) is 1.92. The van der Waals surface area contributed by atoms with E-state index in [0.29, 0.717) is 11.5 Å². The maximum absolute atomic E-state index is 10.8. The van der Waals surface area contributed by atoms with E-state index >= 15 is 0 Å². The second kappa shape index (κ2) is 6.78. The summed E-state index contributed by atoms with van der Waals surface area (Å²) in [4.78, 5) is 13.0. The zero-order valence-electron chi connectivity index (χ0n) is 12.3. The molecule has 1 saturated heterocycles. The summed E-state index contributed by atoms with van der Waals surface area (Å²) in [7, 11) is 3.55. The highest BCUT2D eigenvalue weighted by Gasteiger charge is 2.22. The number of aliphatic hydroxyl groups excluding tert-OH is 1. The average molecular weight is 295 g/mol. The van der Waals surface area contributed by atoms with Gasteiger partial charge in [0, 0.05) is 6.54 Å². The van der Waals surface area contributed by atoms with Crippen LogP contribution in [0.4, 0.5) is 0 Å². The molecule has 1 aromatic carbocycles. The van der Waals surface area contributed by atoms with Gasteiger partial charge >= 0.3 is 5.97 Å². The van der Waals surface area contributed by atoms with Crippen molar-refractivity contribution in [2.24, 2.45) is 0 Å². The van der Waals surface area contributed by atoms with Crippen LogP contribution in [0, 0.1) is 0 Å². The third-order valence-corrected chi connectivity index (χ3v) is 3.61. The Balaban J connectivity index is 2.14. The molecule has 6 heteroatoms. The molecule has 0 aromatic heterocycles. The average Bonchev–Trinajstić information content (AvgIpc) is 2.46. The molecular weight excluding hydrogens is 274 g/mol. The van der Waals surface area contributed by atoms with Crippen molar-refractivity contribution < 1.29 is 24.5 Å². The number of rotatable bonds is 5. The lowest BCUT2D eigenvalue weighted by molar-refractivity contribution is -0.146. The van der Waals surface area contributed by atoms with E-state index in [1.165, 1.54) is 13.2 Å². The molecule has 0 amide bonds. The van der Waals surface area contributed by atoms with E-state index in [4.69, 9.17) is 14.6 Å². The number of carboxylic acids is 1. The second-order valence-electron chi connectivity index (χ2n) is 5.30. The van der Waals surface area contributed by atoms with Crippen LogP contribution >= 0.6 is 0 Å². The van der Waals surface area contributed by atoms with E-state index < -0.39 is 12.1 Å². The number of ether oxygens (including phenoxy) is 2. The number of hydrogen-bond donors (Lipinski definition) is 2. The Bertz CT molecular complexity index is 505. The van der Waals surface area contributed by atoms with Crippen molar-refractivity contribution in [1.82, 2.24) is 4.90 Å². The Morgan fingerprint density at radius 3 is 2.81 bits per heavy atom. The molecule has 116 valence electrons. The third kappa shape index (κ3) is 3.86. The minimum atomic E-state index is -1.56. The molecule has 1 aromatic rings. The summed E-state index contributed by atoms with van der Waals surface area (Å²) in [5, 5.41) is 18.4. The predicted molar refractivity (Wildman–Crippen MR) is 76.7 cm³/mol. The topological polar surface area (TPSA) is 79.2 Å². The van der Waals surface area contributed by atoms with Gasteiger partial charge in [0.05, 0.1) is 7.11 Å². The molecule has 0 radical (unpaired) electrons. The SMILES string of the molecule is COc1cc(C(O)C(=O)O)ccc1OC1CCCN(C)C1. The fraction of sp³-hybridized carbons (Fsp3) is 0.533. The molecular formula is C15H21NO5. The van der Waals surface area contributed by atoms with Gasteiger partial charge in [-0.1, -0.05) is 6.07 Å². The number of likely N-dealkylation sites (tertiary alicyclic amines) is 1. The monoisotopic (exact) mass is 295 g/mol. The molecule has 2 unspecified atom stereocenters. The highest BCUT2D eigenvalue weighted by atomic mass is 16.5. The molecule has 1 aliphatic rings. The van der Waals surface area contributed by atoms with E-state index in [2.05, 4.69) is 11.9 Å². The summed E-state index contributed by atoms with van der Waals surface area (Å²) in [5.74, 6) is -0.292. The molecule has 1 fully saturated rings. The van der Waals surface area contributed by atoms with Gasteiger partial charge in [-0.25, -0.2) is 4.79 Å². The predicted octanol–water partition coefficient (Wildman–Crippen LogP) is 1.29. The number of aliphatic carboxylic acids is 1. The zero-order chi connectivity index (χ0) is 15.4. The molecule has 0 bridgehead atoms. The van der Waals surface area contributed by atoms with Gasteiger partial charge in [-0.15, -0.1) is 0 Å². The van der Waals surface area contributed by atoms with Crippen molar-refractivity contribution in [3.8, 4) is 11.5 Å². The van der Waals surface area contributed by atoms with E-state index in [-0.39, 0.29) is 11.7 Å². The Morgan fingerprint density at radius 2 is 2.19 bits per heavy atom. The van der Waals surface area contributed by atoms with Gasteiger partial charge in [0.2, 0.25) is 0 Å². The molecule has 6 nitrogen and oxygen atoms in total. The van der Waals surface area contributed by atoms with E-state index in [1.54, 1.807) is 12.1 Å². The van der Waals surface area contributed by atoms with Gasteiger partial charge in [-0.05, 0) is 44.1 Å². The first kappa shape index (κ1) is 15.6. The van der Waals surface area contributed by atoms with Crippen molar-refractivity contribution >= 4 is 5.97 Å². The maximum atomic E-state index is 10.8. The van der Waals surface area contributed by atoms with Crippen molar-refractivity contribution in [3.63, 3.8) is 0 Å². The van der Waals surface area contributed by atoms with Crippen LogP contribution in [0.25, 0.3) is 0 Å². The summed E-state index contributed by atoms with van der Waals surface area (Å²) >= 11 is 0. The Morgan fingerprint density at radius 1 is 1.43 bits per heavy atom. The quantitative estimate of drug-likeness (QED) is 0.852.